The van der Waals surface area contributed by atoms with Gasteiger partial charge in [0.05, 0.1) is 0 Å². The Labute approximate surface area is 328 Å². The van der Waals surface area contributed by atoms with E-state index in [9.17, 15) is 0 Å². The zero-order valence-electron chi connectivity index (χ0n) is 32.1. The number of fused-ring (bicyclic) bond motifs is 9. The fourth-order valence-corrected chi connectivity index (χ4v) is 9.82. The maximum Gasteiger partial charge on any atom is 0.143 e. The topological polar surface area (TPSA) is 16.4 Å². The van der Waals surface area contributed by atoms with Crippen molar-refractivity contribution in [1.29, 1.82) is 0 Å². The van der Waals surface area contributed by atoms with Gasteiger partial charge >= 0.3 is 0 Å². The van der Waals surface area contributed by atoms with Crippen LogP contribution in [0.1, 0.15) is 49.9 Å². The van der Waals surface area contributed by atoms with Crippen LogP contribution in [-0.2, 0) is 10.8 Å². The van der Waals surface area contributed by atoms with Gasteiger partial charge in [-0.1, -0.05) is 161 Å². The van der Waals surface area contributed by atoms with Crippen LogP contribution in [0.2, 0.25) is 0 Å². The monoisotopic (exact) mass is 719 g/mol. The lowest BCUT2D eigenvalue weighted by molar-refractivity contribution is 0.660. The first-order chi connectivity index (χ1) is 27.3. The van der Waals surface area contributed by atoms with Gasteiger partial charge in [-0.25, -0.2) is 0 Å². The van der Waals surface area contributed by atoms with E-state index in [1.165, 1.54) is 55.6 Å². The summed E-state index contributed by atoms with van der Waals surface area (Å²) in [6.07, 6.45) is 0. The van der Waals surface area contributed by atoms with Crippen LogP contribution in [0.15, 0.2) is 180 Å². The highest BCUT2D eigenvalue weighted by atomic mass is 16.3. The molecule has 0 aliphatic heterocycles. The van der Waals surface area contributed by atoms with Crippen molar-refractivity contribution in [2.45, 2.75) is 38.5 Å². The maximum absolute atomic E-state index is 6.46. The molecule has 0 fully saturated rings. The second kappa shape index (κ2) is 11.9. The second-order valence-electron chi connectivity index (χ2n) is 16.5. The van der Waals surface area contributed by atoms with Gasteiger partial charge in [-0.05, 0) is 104 Å². The third kappa shape index (κ3) is 4.69. The van der Waals surface area contributed by atoms with E-state index in [4.69, 9.17) is 4.42 Å². The Bertz CT molecular complexity index is 3020. The normalized spacial score (nSPS) is 14.4. The van der Waals surface area contributed by atoms with Crippen LogP contribution in [-0.4, -0.2) is 0 Å². The molecule has 2 aliphatic rings. The summed E-state index contributed by atoms with van der Waals surface area (Å²) in [7, 11) is 0. The summed E-state index contributed by atoms with van der Waals surface area (Å²) in [6.45, 7) is 9.48. The zero-order valence-corrected chi connectivity index (χ0v) is 32.1. The molecule has 0 bridgehead atoms. The van der Waals surface area contributed by atoms with Crippen molar-refractivity contribution in [2.24, 2.45) is 0 Å². The minimum Gasteiger partial charge on any atom is -0.455 e. The summed E-state index contributed by atoms with van der Waals surface area (Å²) in [5, 5.41) is 2.29. The van der Waals surface area contributed by atoms with Gasteiger partial charge in [0.15, 0.2) is 0 Å². The number of anilines is 3. The molecule has 0 radical (unpaired) electrons. The van der Waals surface area contributed by atoms with Crippen molar-refractivity contribution in [3.05, 3.63) is 198 Å². The molecule has 1 heterocycles. The van der Waals surface area contributed by atoms with E-state index in [-0.39, 0.29) is 10.8 Å². The van der Waals surface area contributed by atoms with Crippen molar-refractivity contribution in [3.8, 4) is 44.5 Å². The van der Waals surface area contributed by atoms with Gasteiger partial charge in [-0.2, -0.15) is 0 Å². The molecule has 11 rings (SSSR count). The number of nitrogens with zero attached hydrogens (tertiary/aromatic N) is 1. The first-order valence-corrected chi connectivity index (χ1v) is 19.7. The molecular weight excluding hydrogens is 679 g/mol. The molecule has 0 N–H and O–H groups in total. The standard InChI is InChI=1S/C54H41NO/c1-53(2)46-21-10-8-16-41(46)42-30-28-37(32-48(42)53)55(36-26-24-35(25-27-36)40-19-12-20-44-43-17-9-11-23-50(43)56-52(40)44)38-29-31-45-49(33-38)54(3,4)47-22-13-18-39(51(45)47)34-14-6-5-7-15-34/h5-33H,1-4H3. The highest BCUT2D eigenvalue weighted by Crippen LogP contribution is 2.55. The van der Waals surface area contributed by atoms with E-state index in [2.05, 4.69) is 202 Å². The van der Waals surface area contributed by atoms with Crippen LogP contribution in [0.25, 0.3) is 66.4 Å². The summed E-state index contributed by atoms with van der Waals surface area (Å²) in [4.78, 5) is 2.45. The highest BCUT2D eigenvalue weighted by Gasteiger charge is 2.38. The first-order valence-electron chi connectivity index (χ1n) is 19.7. The van der Waals surface area contributed by atoms with Gasteiger partial charge in [0, 0.05) is 44.2 Å². The summed E-state index contributed by atoms with van der Waals surface area (Å²) in [5.74, 6) is 0. The Morgan fingerprint density at radius 1 is 0.375 bits per heavy atom. The number of para-hydroxylation sites is 2. The molecule has 0 saturated heterocycles. The van der Waals surface area contributed by atoms with Gasteiger partial charge in [-0.3, -0.25) is 0 Å². The van der Waals surface area contributed by atoms with Crippen molar-refractivity contribution in [2.75, 3.05) is 4.90 Å². The minimum atomic E-state index is -0.173. The van der Waals surface area contributed by atoms with E-state index < -0.39 is 0 Å². The molecule has 0 spiro atoms. The van der Waals surface area contributed by atoms with Gasteiger partial charge in [-0.15, -0.1) is 0 Å². The molecule has 268 valence electrons. The molecule has 2 heteroatoms. The lowest BCUT2D eigenvalue weighted by Gasteiger charge is -2.30. The number of rotatable bonds is 5. The molecule has 56 heavy (non-hydrogen) atoms. The van der Waals surface area contributed by atoms with E-state index in [0.717, 1.165) is 50.1 Å². The highest BCUT2D eigenvalue weighted by molar-refractivity contribution is 6.09. The van der Waals surface area contributed by atoms with E-state index in [1.807, 2.05) is 6.07 Å². The molecule has 0 atom stereocenters. The Morgan fingerprint density at radius 3 is 1.71 bits per heavy atom. The average molecular weight is 720 g/mol. The van der Waals surface area contributed by atoms with Crippen LogP contribution in [0.5, 0.6) is 0 Å². The van der Waals surface area contributed by atoms with Crippen LogP contribution < -0.4 is 4.90 Å². The smallest absolute Gasteiger partial charge is 0.143 e. The number of hydrogen-bond acceptors (Lipinski definition) is 2. The minimum absolute atomic E-state index is 0.113. The third-order valence-corrected chi connectivity index (χ3v) is 12.7. The van der Waals surface area contributed by atoms with Crippen molar-refractivity contribution in [3.63, 3.8) is 0 Å². The Kier molecular flexibility index (Phi) is 6.98. The quantitative estimate of drug-likeness (QED) is 0.176. The zero-order chi connectivity index (χ0) is 37.8. The molecular formula is C54H41NO. The third-order valence-electron chi connectivity index (χ3n) is 12.7. The SMILES string of the molecule is CC1(C)c2ccccc2-c2ccc(N(c3ccc(-c4cccc5c4oc4ccccc45)cc3)c3ccc4c(c3)C(C)(C)c3cccc(-c5ccccc5)c3-4)cc21. The van der Waals surface area contributed by atoms with Gasteiger partial charge in [0.25, 0.3) is 0 Å². The molecule has 2 aliphatic carbocycles. The largest absolute Gasteiger partial charge is 0.455 e. The fourth-order valence-electron chi connectivity index (χ4n) is 9.82. The average Bonchev–Trinajstić information content (AvgIpc) is 3.81. The van der Waals surface area contributed by atoms with Crippen LogP contribution in [0, 0.1) is 0 Å². The summed E-state index contributed by atoms with van der Waals surface area (Å²) < 4.78 is 6.46. The predicted octanol–water partition coefficient (Wildman–Crippen LogP) is 15.0. The summed E-state index contributed by atoms with van der Waals surface area (Å²) in [6, 6.07) is 64.5. The van der Waals surface area contributed by atoms with Gasteiger partial charge < -0.3 is 9.32 Å². The van der Waals surface area contributed by atoms with Gasteiger partial charge in [0.1, 0.15) is 11.2 Å². The summed E-state index contributed by atoms with van der Waals surface area (Å²) >= 11 is 0. The number of hydrogen-bond donors (Lipinski definition) is 0. The van der Waals surface area contributed by atoms with Crippen LogP contribution in [0.4, 0.5) is 17.1 Å². The number of benzene rings is 8. The fraction of sp³-hybridized carbons (Fsp3) is 0.111. The number of furan rings is 1. The molecule has 2 nitrogen and oxygen atoms in total. The van der Waals surface area contributed by atoms with E-state index >= 15 is 0 Å². The summed E-state index contributed by atoms with van der Waals surface area (Å²) in [5.41, 5.74) is 20.5. The maximum atomic E-state index is 6.46. The van der Waals surface area contributed by atoms with Crippen molar-refractivity contribution >= 4 is 39.0 Å². The molecule has 0 amide bonds. The molecule has 9 aromatic rings. The van der Waals surface area contributed by atoms with Crippen LogP contribution >= 0.6 is 0 Å². The Balaban J connectivity index is 1.08. The van der Waals surface area contributed by atoms with Crippen LogP contribution in [0.3, 0.4) is 0 Å². The molecule has 0 saturated carbocycles. The molecule has 1 aromatic heterocycles. The van der Waals surface area contributed by atoms with Gasteiger partial charge in [0.2, 0.25) is 0 Å². The van der Waals surface area contributed by atoms with E-state index in [1.54, 1.807) is 0 Å². The van der Waals surface area contributed by atoms with Crippen molar-refractivity contribution < 1.29 is 4.42 Å². The first kappa shape index (κ1) is 32.8. The lowest BCUT2D eigenvalue weighted by Crippen LogP contribution is -2.18. The molecule has 0 unspecified atom stereocenters. The molecule has 8 aromatic carbocycles. The Hall–Kier alpha value is -6.64. The second-order valence-corrected chi connectivity index (χ2v) is 16.5. The Morgan fingerprint density at radius 2 is 0.911 bits per heavy atom. The van der Waals surface area contributed by atoms with E-state index in [0.29, 0.717) is 0 Å². The predicted molar refractivity (Wildman–Crippen MR) is 234 cm³/mol. The lowest BCUT2D eigenvalue weighted by atomic mass is 9.81. The van der Waals surface area contributed by atoms with Crippen molar-refractivity contribution in [1.82, 2.24) is 0 Å².